The zero-order valence-electron chi connectivity index (χ0n) is 15.2. The predicted octanol–water partition coefficient (Wildman–Crippen LogP) is 3.69. The molecule has 0 atom stereocenters. The molecule has 0 saturated heterocycles. The molecule has 0 saturated carbocycles. The summed E-state index contributed by atoms with van der Waals surface area (Å²) in [5.41, 5.74) is 1.96. The van der Waals surface area contributed by atoms with Crippen LogP contribution in [0.5, 0.6) is 5.75 Å². The summed E-state index contributed by atoms with van der Waals surface area (Å²) in [7, 11) is 0. The molecule has 148 valence electrons. The number of rotatable bonds is 7. The van der Waals surface area contributed by atoms with Crippen LogP contribution in [0.1, 0.15) is 6.92 Å². The first-order valence-corrected chi connectivity index (χ1v) is 9.30. The summed E-state index contributed by atoms with van der Waals surface area (Å²) in [4.78, 5) is 37.9. The second kappa shape index (κ2) is 8.93. The van der Waals surface area contributed by atoms with E-state index in [2.05, 4.69) is 15.6 Å². The monoisotopic (exact) mass is 412 g/mol. The van der Waals surface area contributed by atoms with Crippen LogP contribution in [-0.4, -0.2) is 28.3 Å². The van der Waals surface area contributed by atoms with Crippen molar-refractivity contribution in [2.45, 2.75) is 6.92 Å². The molecule has 0 bridgehead atoms. The Morgan fingerprint density at radius 2 is 1.86 bits per heavy atom. The Balaban J connectivity index is 1.59. The van der Waals surface area contributed by atoms with E-state index in [0.717, 1.165) is 5.56 Å². The number of nitro groups is 1. The third-order valence-electron chi connectivity index (χ3n) is 3.67. The average molecular weight is 412 g/mol. The fraction of sp³-hybridized carbons (Fsp3) is 0.105. The molecule has 3 aromatic rings. The maximum atomic E-state index is 12.1. The number of amides is 2. The van der Waals surface area contributed by atoms with Crippen molar-refractivity contribution in [2.75, 3.05) is 17.2 Å². The summed E-state index contributed by atoms with van der Waals surface area (Å²) < 4.78 is 5.26. The van der Waals surface area contributed by atoms with E-state index in [1.54, 1.807) is 23.6 Å². The first-order valence-electron chi connectivity index (χ1n) is 8.42. The van der Waals surface area contributed by atoms with E-state index in [4.69, 9.17) is 4.74 Å². The molecule has 0 spiro atoms. The SMILES string of the molecule is CC(=O)Nc1ccc(-c2csc(NC(=O)COc3ccccc3[N+](=O)[O-])n2)cc1. The number of anilines is 2. The van der Waals surface area contributed by atoms with Crippen LogP contribution in [0.2, 0.25) is 0 Å². The molecule has 1 aromatic heterocycles. The van der Waals surface area contributed by atoms with Crippen molar-refractivity contribution < 1.29 is 19.2 Å². The Hall–Kier alpha value is -3.79. The number of nitrogens with one attached hydrogen (secondary N) is 2. The van der Waals surface area contributed by atoms with Crippen molar-refractivity contribution in [1.82, 2.24) is 4.98 Å². The third kappa shape index (κ3) is 5.36. The van der Waals surface area contributed by atoms with Crippen LogP contribution in [0.25, 0.3) is 11.3 Å². The lowest BCUT2D eigenvalue weighted by atomic mass is 10.1. The minimum atomic E-state index is -0.572. The first kappa shape index (κ1) is 20.0. The maximum Gasteiger partial charge on any atom is 0.310 e. The van der Waals surface area contributed by atoms with Crippen molar-refractivity contribution in [2.24, 2.45) is 0 Å². The van der Waals surface area contributed by atoms with Gasteiger partial charge in [-0.05, 0) is 18.2 Å². The molecule has 0 aliphatic heterocycles. The van der Waals surface area contributed by atoms with Crippen LogP contribution in [0.15, 0.2) is 53.9 Å². The van der Waals surface area contributed by atoms with Gasteiger partial charge in [-0.1, -0.05) is 24.3 Å². The molecular formula is C19H16N4O5S. The largest absolute Gasteiger partial charge is 0.477 e. The highest BCUT2D eigenvalue weighted by atomic mass is 32.1. The summed E-state index contributed by atoms with van der Waals surface area (Å²) in [5, 5.41) is 18.4. The number of aromatic nitrogens is 1. The van der Waals surface area contributed by atoms with Gasteiger partial charge in [0.25, 0.3) is 5.91 Å². The number of hydrogen-bond donors (Lipinski definition) is 2. The number of nitrogens with zero attached hydrogens (tertiary/aromatic N) is 2. The lowest BCUT2D eigenvalue weighted by Gasteiger charge is -2.06. The Kier molecular flexibility index (Phi) is 6.15. The van der Waals surface area contributed by atoms with Gasteiger partial charge in [-0.3, -0.25) is 25.0 Å². The number of nitro benzene ring substituents is 1. The number of benzene rings is 2. The third-order valence-corrected chi connectivity index (χ3v) is 4.43. The smallest absolute Gasteiger partial charge is 0.310 e. The Labute approximate surface area is 169 Å². The van der Waals surface area contributed by atoms with Crippen LogP contribution in [0.4, 0.5) is 16.5 Å². The van der Waals surface area contributed by atoms with Crippen molar-refractivity contribution in [3.63, 3.8) is 0 Å². The molecule has 9 nitrogen and oxygen atoms in total. The van der Waals surface area contributed by atoms with Gasteiger partial charge in [0, 0.05) is 29.6 Å². The summed E-state index contributed by atoms with van der Waals surface area (Å²) in [6.07, 6.45) is 0. The van der Waals surface area contributed by atoms with Crippen LogP contribution in [0.3, 0.4) is 0 Å². The second-order valence-corrected chi connectivity index (χ2v) is 6.72. The van der Waals surface area contributed by atoms with E-state index in [1.807, 2.05) is 12.1 Å². The first-order chi connectivity index (χ1) is 13.9. The van der Waals surface area contributed by atoms with E-state index in [1.165, 1.54) is 36.5 Å². The van der Waals surface area contributed by atoms with Crippen molar-refractivity contribution in [3.8, 4) is 17.0 Å². The number of hydrogen-bond acceptors (Lipinski definition) is 7. The van der Waals surface area contributed by atoms with Crippen LogP contribution in [-0.2, 0) is 9.59 Å². The number of para-hydroxylation sites is 2. The van der Waals surface area contributed by atoms with Crippen molar-refractivity contribution in [1.29, 1.82) is 0 Å². The molecule has 0 unspecified atom stereocenters. The Morgan fingerprint density at radius 3 is 2.55 bits per heavy atom. The summed E-state index contributed by atoms with van der Waals surface area (Å²) in [5.74, 6) is -0.615. The van der Waals surface area contributed by atoms with Gasteiger partial charge >= 0.3 is 5.69 Å². The van der Waals surface area contributed by atoms with Gasteiger partial charge in [0.05, 0.1) is 10.6 Å². The molecule has 0 aliphatic rings. The van der Waals surface area contributed by atoms with Crippen LogP contribution >= 0.6 is 11.3 Å². The lowest BCUT2D eigenvalue weighted by molar-refractivity contribution is -0.385. The van der Waals surface area contributed by atoms with Gasteiger partial charge in [-0.2, -0.15) is 0 Å². The summed E-state index contributed by atoms with van der Waals surface area (Å²) in [6.45, 7) is 1.05. The highest BCUT2D eigenvalue weighted by Crippen LogP contribution is 2.27. The van der Waals surface area contributed by atoms with Gasteiger partial charge in [0.15, 0.2) is 17.5 Å². The fourth-order valence-corrected chi connectivity index (χ4v) is 3.16. The van der Waals surface area contributed by atoms with E-state index in [-0.39, 0.29) is 24.0 Å². The highest BCUT2D eigenvalue weighted by Gasteiger charge is 2.15. The molecule has 0 aliphatic carbocycles. The molecule has 2 aromatic carbocycles. The molecule has 0 radical (unpaired) electrons. The average Bonchev–Trinajstić information content (AvgIpc) is 3.15. The number of carbonyl (C=O) groups is 2. The molecule has 10 heteroatoms. The zero-order valence-corrected chi connectivity index (χ0v) is 16.1. The van der Waals surface area contributed by atoms with Gasteiger partial charge in [-0.15, -0.1) is 11.3 Å². The van der Waals surface area contributed by atoms with E-state index in [0.29, 0.717) is 16.5 Å². The molecule has 2 N–H and O–H groups in total. The van der Waals surface area contributed by atoms with Crippen LogP contribution < -0.4 is 15.4 Å². The fourth-order valence-electron chi connectivity index (χ4n) is 2.42. The summed E-state index contributed by atoms with van der Waals surface area (Å²) in [6, 6.07) is 13.0. The number of carbonyl (C=O) groups excluding carboxylic acids is 2. The minimum absolute atomic E-state index is 0.0201. The predicted molar refractivity (Wildman–Crippen MR) is 109 cm³/mol. The Morgan fingerprint density at radius 1 is 1.14 bits per heavy atom. The maximum absolute atomic E-state index is 12.1. The number of thiazole rings is 1. The second-order valence-electron chi connectivity index (χ2n) is 5.86. The van der Waals surface area contributed by atoms with Crippen molar-refractivity contribution >= 4 is 39.7 Å². The standard InChI is InChI=1S/C19H16N4O5S/c1-12(24)20-14-8-6-13(7-9-14)15-11-29-19(21-15)22-18(25)10-28-17-5-3-2-4-16(17)23(26)27/h2-9,11H,10H2,1H3,(H,20,24)(H,21,22,25). The van der Waals surface area contributed by atoms with Crippen molar-refractivity contribution in [3.05, 3.63) is 64.0 Å². The molecule has 1 heterocycles. The van der Waals surface area contributed by atoms with E-state index >= 15 is 0 Å². The topological polar surface area (TPSA) is 123 Å². The van der Waals surface area contributed by atoms with E-state index in [9.17, 15) is 19.7 Å². The quantitative estimate of drug-likeness (QED) is 0.450. The molecular weight excluding hydrogens is 396 g/mol. The molecule has 0 fully saturated rings. The van der Waals surface area contributed by atoms with Crippen LogP contribution in [0, 0.1) is 10.1 Å². The highest BCUT2D eigenvalue weighted by molar-refractivity contribution is 7.14. The zero-order chi connectivity index (χ0) is 20.8. The minimum Gasteiger partial charge on any atom is -0.477 e. The van der Waals surface area contributed by atoms with Gasteiger partial charge in [0.1, 0.15) is 0 Å². The molecule has 29 heavy (non-hydrogen) atoms. The Bertz CT molecular complexity index is 1050. The normalized spacial score (nSPS) is 10.2. The molecule has 2 amide bonds. The summed E-state index contributed by atoms with van der Waals surface area (Å²) >= 11 is 1.24. The van der Waals surface area contributed by atoms with Gasteiger partial charge in [-0.25, -0.2) is 4.98 Å². The molecule has 3 rings (SSSR count). The van der Waals surface area contributed by atoms with E-state index < -0.39 is 10.8 Å². The van der Waals surface area contributed by atoms with Gasteiger partial charge < -0.3 is 10.1 Å². The number of ether oxygens (including phenoxy) is 1. The lowest BCUT2D eigenvalue weighted by Crippen LogP contribution is -2.20. The van der Waals surface area contributed by atoms with Gasteiger partial charge in [0.2, 0.25) is 5.91 Å².